The SMILES string of the molecule is CCNC1(CO)CCC(Oc2cccc3ncccc23)C1. The molecule has 2 N–H and O–H groups in total. The topological polar surface area (TPSA) is 54.4 Å². The van der Waals surface area contributed by atoms with Gasteiger partial charge >= 0.3 is 0 Å². The third-order valence-corrected chi connectivity index (χ3v) is 4.32. The van der Waals surface area contributed by atoms with Gasteiger partial charge in [0.15, 0.2) is 0 Å². The molecule has 4 nitrogen and oxygen atoms in total. The average molecular weight is 286 g/mol. The number of rotatable bonds is 5. The number of benzene rings is 1. The summed E-state index contributed by atoms with van der Waals surface area (Å²) in [5.74, 6) is 0.885. The zero-order valence-corrected chi connectivity index (χ0v) is 12.4. The molecule has 1 saturated carbocycles. The van der Waals surface area contributed by atoms with E-state index in [1.165, 1.54) is 0 Å². The Kier molecular flexibility index (Phi) is 4.08. The number of nitrogens with zero attached hydrogens (tertiary/aromatic N) is 1. The van der Waals surface area contributed by atoms with E-state index >= 15 is 0 Å². The van der Waals surface area contributed by atoms with Crippen LogP contribution in [0.25, 0.3) is 10.9 Å². The molecule has 1 aromatic carbocycles. The summed E-state index contributed by atoms with van der Waals surface area (Å²) < 4.78 is 6.20. The Morgan fingerprint density at radius 3 is 3.10 bits per heavy atom. The Morgan fingerprint density at radius 2 is 2.29 bits per heavy atom. The molecular formula is C17H22N2O2. The van der Waals surface area contributed by atoms with Gasteiger partial charge in [0.25, 0.3) is 0 Å². The monoisotopic (exact) mass is 286 g/mol. The van der Waals surface area contributed by atoms with Gasteiger partial charge in [-0.1, -0.05) is 13.0 Å². The van der Waals surface area contributed by atoms with E-state index in [-0.39, 0.29) is 18.2 Å². The van der Waals surface area contributed by atoms with Crippen LogP contribution in [0, 0.1) is 0 Å². The predicted molar refractivity (Wildman–Crippen MR) is 83.5 cm³/mol. The number of hydrogen-bond acceptors (Lipinski definition) is 4. The molecule has 0 spiro atoms. The molecule has 0 bridgehead atoms. The van der Waals surface area contributed by atoms with E-state index in [0.29, 0.717) is 0 Å². The Labute approximate surface area is 125 Å². The van der Waals surface area contributed by atoms with E-state index in [4.69, 9.17) is 4.74 Å². The minimum absolute atomic E-state index is 0.141. The maximum atomic E-state index is 9.68. The van der Waals surface area contributed by atoms with Gasteiger partial charge in [-0.15, -0.1) is 0 Å². The van der Waals surface area contributed by atoms with Crippen LogP contribution >= 0.6 is 0 Å². The third-order valence-electron chi connectivity index (χ3n) is 4.32. The zero-order valence-electron chi connectivity index (χ0n) is 12.4. The molecule has 2 atom stereocenters. The molecule has 4 heteroatoms. The van der Waals surface area contributed by atoms with Crippen LogP contribution in [0.2, 0.25) is 0 Å². The number of pyridine rings is 1. The molecular weight excluding hydrogens is 264 g/mol. The molecule has 2 unspecified atom stereocenters. The van der Waals surface area contributed by atoms with Crippen molar-refractivity contribution in [3.63, 3.8) is 0 Å². The second-order valence-electron chi connectivity index (χ2n) is 5.78. The lowest BCUT2D eigenvalue weighted by Crippen LogP contribution is -2.46. The highest BCUT2D eigenvalue weighted by atomic mass is 16.5. The van der Waals surface area contributed by atoms with Crippen molar-refractivity contribution in [2.45, 2.75) is 37.8 Å². The first-order valence-corrected chi connectivity index (χ1v) is 7.63. The molecule has 0 saturated heterocycles. The summed E-state index contributed by atoms with van der Waals surface area (Å²) in [5, 5.41) is 14.1. The average Bonchev–Trinajstić information content (AvgIpc) is 2.92. The molecule has 3 rings (SSSR count). The number of aliphatic hydroxyl groups is 1. The Bertz CT molecular complexity index is 611. The van der Waals surface area contributed by atoms with E-state index in [0.717, 1.165) is 42.5 Å². The van der Waals surface area contributed by atoms with Crippen molar-refractivity contribution < 1.29 is 9.84 Å². The van der Waals surface area contributed by atoms with Crippen molar-refractivity contribution in [3.05, 3.63) is 36.5 Å². The highest BCUT2D eigenvalue weighted by Crippen LogP contribution is 2.34. The van der Waals surface area contributed by atoms with Crippen LogP contribution in [0.5, 0.6) is 5.75 Å². The molecule has 2 aromatic rings. The van der Waals surface area contributed by atoms with Crippen molar-refractivity contribution >= 4 is 10.9 Å². The third kappa shape index (κ3) is 2.87. The minimum Gasteiger partial charge on any atom is -0.490 e. The quantitative estimate of drug-likeness (QED) is 0.887. The van der Waals surface area contributed by atoms with Crippen molar-refractivity contribution in [2.24, 2.45) is 0 Å². The van der Waals surface area contributed by atoms with Crippen molar-refractivity contribution in [2.75, 3.05) is 13.2 Å². The molecule has 1 aromatic heterocycles. The lowest BCUT2D eigenvalue weighted by atomic mass is 9.99. The predicted octanol–water partition coefficient (Wildman–Crippen LogP) is 2.51. The van der Waals surface area contributed by atoms with Gasteiger partial charge in [-0.05, 0) is 43.7 Å². The number of aromatic nitrogens is 1. The van der Waals surface area contributed by atoms with E-state index in [2.05, 4.69) is 17.2 Å². The van der Waals surface area contributed by atoms with Gasteiger partial charge in [-0.25, -0.2) is 0 Å². The number of ether oxygens (including phenoxy) is 1. The first-order chi connectivity index (χ1) is 10.3. The van der Waals surface area contributed by atoms with Crippen molar-refractivity contribution in [1.29, 1.82) is 0 Å². The van der Waals surface area contributed by atoms with Crippen LogP contribution in [0.4, 0.5) is 0 Å². The summed E-state index contributed by atoms with van der Waals surface area (Å²) in [5.41, 5.74) is 0.774. The number of nitrogens with one attached hydrogen (secondary N) is 1. The van der Waals surface area contributed by atoms with Gasteiger partial charge in [-0.3, -0.25) is 4.98 Å². The van der Waals surface area contributed by atoms with E-state index in [1.54, 1.807) is 6.20 Å². The first kappa shape index (κ1) is 14.3. The van der Waals surface area contributed by atoms with Crippen LogP contribution in [-0.4, -0.2) is 34.9 Å². The van der Waals surface area contributed by atoms with E-state index in [9.17, 15) is 5.11 Å². The van der Waals surface area contributed by atoms with Gasteiger partial charge in [0.05, 0.1) is 12.1 Å². The fourth-order valence-corrected chi connectivity index (χ4v) is 3.27. The van der Waals surface area contributed by atoms with Crippen LogP contribution in [0.3, 0.4) is 0 Å². The summed E-state index contributed by atoms with van der Waals surface area (Å²) in [6, 6.07) is 9.93. The minimum atomic E-state index is -0.178. The summed E-state index contributed by atoms with van der Waals surface area (Å²) in [4.78, 5) is 4.36. The molecule has 1 fully saturated rings. The number of fused-ring (bicyclic) bond motifs is 1. The maximum Gasteiger partial charge on any atom is 0.129 e. The number of likely N-dealkylation sites (N-methyl/N-ethyl adjacent to an activating group) is 1. The summed E-state index contributed by atoms with van der Waals surface area (Å²) in [6.45, 7) is 3.10. The largest absolute Gasteiger partial charge is 0.490 e. The molecule has 1 heterocycles. The summed E-state index contributed by atoms with van der Waals surface area (Å²) in [7, 11) is 0. The molecule has 1 aliphatic carbocycles. The second-order valence-corrected chi connectivity index (χ2v) is 5.78. The Morgan fingerprint density at radius 1 is 1.38 bits per heavy atom. The normalized spacial score (nSPS) is 25.3. The zero-order chi connectivity index (χ0) is 14.7. The molecule has 112 valence electrons. The van der Waals surface area contributed by atoms with Crippen molar-refractivity contribution in [3.8, 4) is 5.75 Å². The standard InChI is InChI=1S/C17H22N2O2/c1-2-19-17(12-20)9-8-13(11-17)21-16-7-3-6-15-14(16)5-4-10-18-15/h3-7,10,13,19-20H,2,8-9,11-12H2,1H3. The Hall–Kier alpha value is -1.65. The molecule has 0 radical (unpaired) electrons. The van der Waals surface area contributed by atoms with Crippen LogP contribution < -0.4 is 10.1 Å². The first-order valence-electron chi connectivity index (χ1n) is 7.63. The molecule has 0 aliphatic heterocycles. The van der Waals surface area contributed by atoms with Crippen LogP contribution in [0.1, 0.15) is 26.2 Å². The summed E-state index contributed by atoms with van der Waals surface area (Å²) >= 11 is 0. The van der Waals surface area contributed by atoms with Crippen LogP contribution in [0.15, 0.2) is 36.5 Å². The molecule has 0 amide bonds. The molecule has 21 heavy (non-hydrogen) atoms. The van der Waals surface area contributed by atoms with Gasteiger partial charge in [0.2, 0.25) is 0 Å². The fourth-order valence-electron chi connectivity index (χ4n) is 3.27. The van der Waals surface area contributed by atoms with E-state index < -0.39 is 0 Å². The van der Waals surface area contributed by atoms with Crippen LogP contribution in [-0.2, 0) is 0 Å². The van der Waals surface area contributed by atoms with Gasteiger partial charge in [-0.2, -0.15) is 0 Å². The van der Waals surface area contributed by atoms with Gasteiger partial charge in [0.1, 0.15) is 11.9 Å². The smallest absolute Gasteiger partial charge is 0.129 e. The Balaban J connectivity index is 1.78. The summed E-state index contributed by atoms with van der Waals surface area (Å²) in [6.07, 6.45) is 4.69. The fraction of sp³-hybridized carbons (Fsp3) is 0.471. The highest BCUT2D eigenvalue weighted by molar-refractivity contribution is 5.84. The second kappa shape index (κ2) is 6.00. The highest BCUT2D eigenvalue weighted by Gasteiger charge is 2.39. The number of hydrogen-bond donors (Lipinski definition) is 2. The molecule has 1 aliphatic rings. The number of aliphatic hydroxyl groups excluding tert-OH is 1. The van der Waals surface area contributed by atoms with Crippen molar-refractivity contribution in [1.82, 2.24) is 10.3 Å². The lowest BCUT2D eigenvalue weighted by molar-refractivity contribution is 0.142. The van der Waals surface area contributed by atoms with E-state index in [1.807, 2.05) is 30.3 Å². The van der Waals surface area contributed by atoms with Gasteiger partial charge < -0.3 is 15.2 Å². The van der Waals surface area contributed by atoms with Gasteiger partial charge in [0, 0.05) is 23.5 Å². The lowest BCUT2D eigenvalue weighted by Gasteiger charge is -2.28. The maximum absolute atomic E-state index is 9.68.